The Bertz CT molecular complexity index is 485. The quantitative estimate of drug-likeness (QED) is 0.919. The fraction of sp³-hybridized carbons (Fsp3) is 0.0833. The van der Waals surface area contributed by atoms with Crippen molar-refractivity contribution in [1.82, 2.24) is 4.98 Å². The first-order chi connectivity index (χ1) is 7.68. The second-order valence-corrected chi connectivity index (χ2v) is 4.25. The third-order valence-electron chi connectivity index (χ3n) is 2.31. The monoisotopic (exact) mass is 280 g/mol. The Morgan fingerprint density at radius 1 is 1.19 bits per heavy atom. The number of halogens is 2. The number of benzene rings is 1. The first-order valence-electron chi connectivity index (χ1n) is 4.80. The lowest BCUT2D eigenvalue weighted by atomic mass is 10.0. The highest BCUT2D eigenvalue weighted by Crippen LogP contribution is 2.24. The van der Waals surface area contributed by atoms with E-state index in [4.69, 9.17) is 5.73 Å². The van der Waals surface area contributed by atoms with Gasteiger partial charge in [-0.3, -0.25) is 4.98 Å². The van der Waals surface area contributed by atoms with Gasteiger partial charge in [-0.2, -0.15) is 0 Å². The zero-order chi connectivity index (χ0) is 11.5. The highest BCUT2D eigenvalue weighted by molar-refractivity contribution is 9.10. The number of aromatic nitrogens is 1. The molecule has 82 valence electrons. The van der Waals surface area contributed by atoms with Gasteiger partial charge in [-0.1, -0.05) is 12.1 Å². The Labute approximate surface area is 101 Å². The molecule has 2 N–H and O–H groups in total. The molecule has 0 amide bonds. The molecular formula is C12H10BrFN2. The summed E-state index contributed by atoms with van der Waals surface area (Å²) in [6.07, 6.45) is 1.68. The van der Waals surface area contributed by atoms with Gasteiger partial charge in [0.25, 0.3) is 0 Å². The number of nitrogens with two attached hydrogens (primary N) is 1. The lowest BCUT2D eigenvalue weighted by Gasteiger charge is -2.12. The maximum Gasteiger partial charge on any atom is 0.123 e. The van der Waals surface area contributed by atoms with Crippen molar-refractivity contribution in [2.45, 2.75) is 6.04 Å². The van der Waals surface area contributed by atoms with Gasteiger partial charge in [-0.15, -0.1) is 0 Å². The SMILES string of the molecule is NC(c1ccc(F)cc1)c1ncccc1Br. The Hall–Kier alpha value is -1.26. The molecular weight excluding hydrogens is 271 g/mol. The molecule has 0 aliphatic carbocycles. The van der Waals surface area contributed by atoms with E-state index in [9.17, 15) is 4.39 Å². The minimum atomic E-state index is -0.351. The van der Waals surface area contributed by atoms with Crippen molar-refractivity contribution < 1.29 is 4.39 Å². The zero-order valence-electron chi connectivity index (χ0n) is 8.40. The average Bonchev–Trinajstić information content (AvgIpc) is 2.30. The van der Waals surface area contributed by atoms with Gasteiger partial charge < -0.3 is 5.73 Å². The number of nitrogens with zero attached hydrogens (tertiary/aromatic N) is 1. The second-order valence-electron chi connectivity index (χ2n) is 3.40. The van der Waals surface area contributed by atoms with Crippen LogP contribution in [0.1, 0.15) is 17.3 Å². The minimum absolute atomic E-state index is 0.268. The Kier molecular flexibility index (Phi) is 3.31. The van der Waals surface area contributed by atoms with Gasteiger partial charge in [0.2, 0.25) is 0 Å². The fourth-order valence-corrected chi connectivity index (χ4v) is 1.96. The zero-order valence-corrected chi connectivity index (χ0v) is 9.99. The molecule has 2 aromatic rings. The molecule has 0 saturated carbocycles. The maximum atomic E-state index is 12.8. The molecule has 1 heterocycles. The summed E-state index contributed by atoms with van der Waals surface area (Å²) < 4.78 is 13.6. The van der Waals surface area contributed by atoms with Crippen LogP contribution < -0.4 is 5.73 Å². The fourth-order valence-electron chi connectivity index (χ4n) is 1.45. The van der Waals surface area contributed by atoms with Crippen LogP contribution in [0.3, 0.4) is 0 Å². The molecule has 0 fully saturated rings. The standard InChI is InChI=1S/C12H10BrFN2/c13-10-2-1-7-16-12(10)11(15)8-3-5-9(14)6-4-8/h1-7,11H,15H2. The van der Waals surface area contributed by atoms with Crippen LogP contribution in [0.5, 0.6) is 0 Å². The molecule has 0 spiro atoms. The Morgan fingerprint density at radius 3 is 2.50 bits per heavy atom. The molecule has 0 radical (unpaired) electrons. The predicted octanol–water partition coefficient (Wildman–Crippen LogP) is 3.03. The number of hydrogen-bond acceptors (Lipinski definition) is 2. The Morgan fingerprint density at radius 2 is 1.88 bits per heavy atom. The van der Waals surface area contributed by atoms with Crippen LogP contribution in [0.25, 0.3) is 0 Å². The van der Waals surface area contributed by atoms with Gasteiger partial charge in [0.15, 0.2) is 0 Å². The molecule has 1 aromatic heterocycles. The molecule has 2 nitrogen and oxygen atoms in total. The summed E-state index contributed by atoms with van der Waals surface area (Å²) >= 11 is 3.39. The molecule has 1 atom stereocenters. The van der Waals surface area contributed by atoms with Crippen LogP contribution in [0.15, 0.2) is 47.1 Å². The molecule has 16 heavy (non-hydrogen) atoms. The number of hydrogen-bond donors (Lipinski definition) is 1. The van der Waals surface area contributed by atoms with Crippen molar-refractivity contribution >= 4 is 15.9 Å². The van der Waals surface area contributed by atoms with Gasteiger partial charge >= 0.3 is 0 Å². The smallest absolute Gasteiger partial charge is 0.123 e. The largest absolute Gasteiger partial charge is 0.319 e. The van der Waals surface area contributed by atoms with E-state index >= 15 is 0 Å². The highest BCUT2D eigenvalue weighted by atomic mass is 79.9. The van der Waals surface area contributed by atoms with Crippen molar-refractivity contribution in [2.24, 2.45) is 5.73 Å². The summed E-state index contributed by atoms with van der Waals surface area (Å²) in [5, 5.41) is 0. The van der Waals surface area contributed by atoms with Crippen LogP contribution in [0.2, 0.25) is 0 Å². The number of pyridine rings is 1. The van der Waals surface area contributed by atoms with Crippen molar-refractivity contribution in [3.8, 4) is 0 Å². The molecule has 1 aromatic carbocycles. The van der Waals surface area contributed by atoms with Crippen LogP contribution in [-0.2, 0) is 0 Å². The van der Waals surface area contributed by atoms with E-state index in [-0.39, 0.29) is 11.9 Å². The maximum absolute atomic E-state index is 12.8. The van der Waals surface area contributed by atoms with Gasteiger partial charge in [-0.05, 0) is 45.8 Å². The first-order valence-corrected chi connectivity index (χ1v) is 5.59. The molecule has 0 aliphatic heterocycles. The average molecular weight is 281 g/mol. The van der Waals surface area contributed by atoms with E-state index < -0.39 is 0 Å². The Balaban J connectivity index is 2.35. The molecule has 4 heteroatoms. The van der Waals surface area contributed by atoms with Gasteiger partial charge in [-0.25, -0.2) is 4.39 Å². The second kappa shape index (κ2) is 4.72. The van der Waals surface area contributed by atoms with E-state index in [2.05, 4.69) is 20.9 Å². The summed E-state index contributed by atoms with van der Waals surface area (Å²) in [5.41, 5.74) is 7.63. The third-order valence-corrected chi connectivity index (χ3v) is 2.98. The summed E-state index contributed by atoms with van der Waals surface area (Å²) in [7, 11) is 0. The van der Waals surface area contributed by atoms with Gasteiger partial charge in [0.05, 0.1) is 11.7 Å². The summed E-state index contributed by atoms with van der Waals surface area (Å²) in [5.74, 6) is -0.268. The summed E-state index contributed by atoms with van der Waals surface area (Å²) in [6.45, 7) is 0. The minimum Gasteiger partial charge on any atom is -0.319 e. The van der Waals surface area contributed by atoms with Crippen molar-refractivity contribution in [1.29, 1.82) is 0 Å². The molecule has 2 rings (SSSR count). The highest BCUT2D eigenvalue weighted by Gasteiger charge is 2.12. The molecule has 1 unspecified atom stereocenters. The normalized spacial score (nSPS) is 12.4. The van der Waals surface area contributed by atoms with Crippen molar-refractivity contribution in [2.75, 3.05) is 0 Å². The van der Waals surface area contributed by atoms with Crippen LogP contribution in [0, 0.1) is 5.82 Å². The van der Waals surface area contributed by atoms with E-state index in [1.54, 1.807) is 18.3 Å². The molecule has 0 aliphatic rings. The first kappa shape index (κ1) is 11.2. The van der Waals surface area contributed by atoms with E-state index in [0.29, 0.717) is 0 Å². The van der Waals surface area contributed by atoms with Gasteiger partial charge in [0, 0.05) is 10.7 Å². The topological polar surface area (TPSA) is 38.9 Å². The van der Waals surface area contributed by atoms with Crippen molar-refractivity contribution in [3.63, 3.8) is 0 Å². The summed E-state index contributed by atoms with van der Waals surface area (Å²) in [6, 6.07) is 9.48. The predicted molar refractivity (Wildman–Crippen MR) is 64.4 cm³/mol. The van der Waals surface area contributed by atoms with E-state index in [0.717, 1.165) is 15.7 Å². The van der Waals surface area contributed by atoms with E-state index in [1.807, 2.05) is 12.1 Å². The lowest BCUT2D eigenvalue weighted by molar-refractivity contribution is 0.626. The number of rotatable bonds is 2. The lowest BCUT2D eigenvalue weighted by Crippen LogP contribution is -2.14. The van der Waals surface area contributed by atoms with Crippen LogP contribution in [0.4, 0.5) is 4.39 Å². The van der Waals surface area contributed by atoms with Crippen LogP contribution >= 0.6 is 15.9 Å². The van der Waals surface area contributed by atoms with E-state index in [1.165, 1.54) is 12.1 Å². The van der Waals surface area contributed by atoms with Crippen LogP contribution in [-0.4, -0.2) is 4.98 Å². The third kappa shape index (κ3) is 2.28. The molecule has 0 saturated heterocycles. The molecule has 0 bridgehead atoms. The van der Waals surface area contributed by atoms with Gasteiger partial charge in [0.1, 0.15) is 5.82 Å². The van der Waals surface area contributed by atoms with Crippen molar-refractivity contribution in [3.05, 3.63) is 64.1 Å². The summed E-state index contributed by atoms with van der Waals surface area (Å²) in [4.78, 5) is 4.21.